The van der Waals surface area contributed by atoms with E-state index in [1.54, 1.807) is 0 Å². The third kappa shape index (κ3) is 4.18. The molecule has 1 atom stereocenters. The molecule has 4 heteroatoms. The van der Waals surface area contributed by atoms with E-state index < -0.39 is 12.0 Å². The standard InChI is InChI=1S/C20H19NO2.Na/c1-14-7-2-5-12-18(14)21-19(20(22)23)13-16-10-6-9-15-8-3-4-11-17(15)16;/h2-12,19,21H,13H2,1H3,(H,22,23);/q;+1/p-1. The van der Waals surface area contributed by atoms with E-state index in [9.17, 15) is 9.90 Å². The minimum atomic E-state index is -1.10. The fraction of sp³-hybridized carbons (Fsp3) is 0.150. The summed E-state index contributed by atoms with van der Waals surface area (Å²) >= 11 is 0. The van der Waals surface area contributed by atoms with Crippen LogP contribution in [0, 0.1) is 6.92 Å². The van der Waals surface area contributed by atoms with Gasteiger partial charge in [0.15, 0.2) is 0 Å². The molecule has 0 aliphatic heterocycles. The summed E-state index contributed by atoms with van der Waals surface area (Å²) in [4.78, 5) is 11.6. The molecular weight excluding hydrogens is 309 g/mol. The number of aliphatic carboxylic acids is 1. The number of carbonyl (C=O) groups is 1. The van der Waals surface area contributed by atoms with E-state index in [4.69, 9.17) is 0 Å². The topological polar surface area (TPSA) is 52.2 Å². The number of aryl methyl sites for hydroxylation is 1. The number of carbonyl (C=O) groups excluding carboxylic acids is 1. The van der Waals surface area contributed by atoms with Gasteiger partial charge in [0.1, 0.15) is 0 Å². The minimum Gasteiger partial charge on any atom is -0.548 e. The average Bonchev–Trinajstić information content (AvgIpc) is 2.56. The molecule has 0 heterocycles. The summed E-state index contributed by atoms with van der Waals surface area (Å²) in [5.74, 6) is -1.10. The van der Waals surface area contributed by atoms with E-state index >= 15 is 0 Å². The van der Waals surface area contributed by atoms with E-state index in [2.05, 4.69) is 5.32 Å². The number of para-hydroxylation sites is 1. The van der Waals surface area contributed by atoms with Crippen LogP contribution in [0.1, 0.15) is 11.1 Å². The monoisotopic (exact) mass is 327 g/mol. The molecule has 0 amide bonds. The van der Waals surface area contributed by atoms with Crippen molar-refractivity contribution in [3.8, 4) is 0 Å². The molecule has 3 aromatic carbocycles. The van der Waals surface area contributed by atoms with E-state index in [0.717, 1.165) is 27.6 Å². The molecule has 0 spiro atoms. The summed E-state index contributed by atoms with van der Waals surface area (Å²) in [5.41, 5.74) is 2.83. The first-order chi connectivity index (χ1) is 11.1. The van der Waals surface area contributed by atoms with Gasteiger partial charge in [-0.3, -0.25) is 0 Å². The number of fused-ring (bicyclic) bond motifs is 1. The van der Waals surface area contributed by atoms with E-state index in [1.807, 2.05) is 73.7 Å². The SMILES string of the molecule is Cc1ccccc1NC(Cc1cccc2ccccc12)C(=O)[O-].[Na+]. The summed E-state index contributed by atoms with van der Waals surface area (Å²) in [6.07, 6.45) is 0.373. The molecule has 0 fully saturated rings. The number of nitrogens with one attached hydrogen (secondary N) is 1. The van der Waals surface area contributed by atoms with Gasteiger partial charge in [0, 0.05) is 5.69 Å². The Morgan fingerprint density at radius 3 is 2.42 bits per heavy atom. The van der Waals surface area contributed by atoms with Crippen molar-refractivity contribution in [2.75, 3.05) is 5.32 Å². The second-order valence-electron chi connectivity index (χ2n) is 5.67. The van der Waals surface area contributed by atoms with Crippen molar-refractivity contribution in [1.82, 2.24) is 0 Å². The first kappa shape index (κ1) is 18.5. The molecule has 3 aromatic rings. The maximum atomic E-state index is 11.6. The second-order valence-corrected chi connectivity index (χ2v) is 5.67. The zero-order valence-corrected chi connectivity index (χ0v) is 16.0. The van der Waals surface area contributed by atoms with Crippen molar-refractivity contribution in [3.05, 3.63) is 77.9 Å². The maximum absolute atomic E-state index is 11.6. The van der Waals surface area contributed by atoms with Crippen LogP contribution in [-0.2, 0) is 11.2 Å². The Morgan fingerprint density at radius 1 is 1.00 bits per heavy atom. The quantitative estimate of drug-likeness (QED) is 0.667. The predicted molar refractivity (Wildman–Crippen MR) is 91.2 cm³/mol. The van der Waals surface area contributed by atoms with Crippen LogP contribution in [0.3, 0.4) is 0 Å². The maximum Gasteiger partial charge on any atom is 1.00 e. The molecule has 0 bridgehead atoms. The number of anilines is 1. The van der Waals surface area contributed by atoms with Gasteiger partial charge in [-0.25, -0.2) is 0 Å². The van der Waals surface area contributed by atoms with Crippen molar-refractivity contribution in [3.63, 3.8) is 0 Å². The van der Waals surface area contributed by atoms with Crippen LogP contribution in [0.5, 0.6) is 0 Å². The van der Waals surface area contributed by atoms with Gasteiger partial charge in [0.25, 0.3) is 0 Å². The first-order valence-electron chi connectivity index (χ1n) is 7.65. The summed E-state index contributed by atoms with van der Waals surface area (Å²) < 4.78 is 0. The summed E-state index contributed by atoms with van der Waals surface area (Å²) in [6.45, 7) is 1.95. The average molecular weight is 327 g/mol. The molecule has 24 heavy (non-hydrogen) atoms. The molecule has 0 radical (unpaired) electrons. The van der Waals surface area contributed by atoms with Crippen LogP contribution in [0.2, 0.25) is 0 Å². The molecule has 3 rings (SSSR count). The molecule has 0 saturated heterocycles. The van der Waals surface area contributed by atoms with Gasteiger partial charge in [-0.15, -0.1) is 0 Å². The van der Waals surface area contributed by atoms with E-state index in [-0.39, 0.29) is 29.6 Å². The molecule has 1 N–H and O–H groups in total. The molecule has 0 aliphatic carbocycles. The number of carboxylic acid groups (broad SMARTS) is 1. The van der Waals surface area contributed by atoms with Crippen LogP contribution in [0.4, 0.5) is 5.69 Å². The smallest absolute Gasteiger partial charge is 0.548 e. The Kier molecular flexibility index (Phi) is 6.44. The first-order valence-corrected chi connectivity index (χ1v) is 7.65. The Bertz CT molecular complexity index is 842. The molecule has 116 valence electrons. The number of hydrogen-bond acceptors (Lipinski definition) is 3. The fourth-order valence-corrected chi connectivity index (χ4v) is 2.81. The van der Waals surface area contributed by atoms with Gasteiger partial charge in [-0.1, -0.05) is 60.7 Å². The zero-order chi connectivity index (χ0) is 16.2. The molecule has 0 aliphatic rings. The van der Waals surface area contributed by atoms with Crippen molar-refractivity contribution < 1.29 is 39.5 Å². The van der Waals surface area contributed by atoms with Crippen LogP contribution in [0.25, 0.3) is 10.8 Å². The van der Waals surface area contributed by atoms with Crippen molar-refractivity contribution in [2.24, 2.45) is 0 Å². The number of carboxylic acids is 1. The summed E-state index contributed by atoms with van der Waals surface area (Å²) in [5, 5.41) is 16.9. The minimum absolute atomic E-state index is 0. The molecule has 3 nitrogen and oxygen atoms in total. The largest absolute Gasteiger partial charge is 1.00 e. The van der Waals surface area contributed by atoms with Crippen LogP contribution >= 0.6 is 0 Å². The second kappa shape index (κ2) is 8.34. The number of hydrogen-bond donors (Lipinski definition) is 1. The fourth-order valence-electron chi connectivity index (χ4n) is 2.81. The Balaban J connectivity index is 0.00000208. The third-order valence-electron chi connectivity index (χ3n) is 4.06. The van der Waals surface area contributed by atoms with Gasteiger partial charge >= 0.3 is 29.6 Å². The van der Waals surface area contributed by atoms with Crippen molar-refractivity contribution in [1.29, 1.82) is 0 Å². The van der Waals surface area contributed by atoms with Crippen molar-refractivity contribution >= 4 is 22.4 Å². The number of rotatable bonds is 5. The zero-order valence-electron chi connectivity index (χ0n) is 14.0. The van der Waals surface area contributed by atoms with Crippen LogP contribution in [-0.4, -0.2) is 12.0 Å². The van der Waals surface area contributed by atoms with Gasteiger partial charge in [0.2, 0.25) is 0 Å². The van der Waals surface area contributed by atoms with Gasteiger partial charge in [-0.05, 0) is 41.3 Å². The van der Waals surface area contributed by atoms with Crippen molar-refractivity contribution in [2.45, 2.75) is 19.4 Å². The van der Waals surface area contributed by atoms with Gasteiger partial charge in [0.05, 0.1) is 12.0 Å². The molecule has 0 aromatic heterocycles. The Morgan fingerprint density at radius 2 is 1.67 bits per heavy atom. The predicted octanol–water partition coefficient (Wildman–Crippen LogP) is -0.0747. The van der Waals surface area contributed by atoms with Crippen LogP contribution in [0.15, 0.2) is 66.7 Å². The molecule has 1 unspecified atom stereocenters. The van der Waals surface area contributed by atoms with E-state index in [1.165, 1.54) is 0 Å². The van der Waals surface area contributed by atoms with Crippen LogP contribution < -0.4 is 40.0 Å². The summed E-state index contributed by atoms with van der Waals surface area (Å²) in [6, 6.07) is 20.8. The molecular formula is C20H18NNaO2. The Labute approximate surface area is 164 Å². The normalized spacial score (nSPS) is 11.5. The number of benzene rings is 3. The van der Waals surface area contributed by atoms with E-state index in [0.29, 0.717) is 6.42 Å². The third-order valence-corrected chi connectivity index (χ3v) is 4.06. The Hall–Kier alpha value is -1.81. The summed E-state index contributed by atoms with van der Waals surface area (Å²) in [7, 11) is 0. The molecule has 0 saturated carbocycles. The van der Waals surface area contributed by atoms with Gasteiger partial charge in [-0.2, -0.15) is 0 Å². The van der Waals surface area contributed by atoms with Gasteiger partial charge < -0.3 is 15.2 Å².